The number of amides is 1. The minimum atomic E-state index is -0.0324. The van der Waals surface area contributed by atoms with Crippen LogP contribution in [0.3, 0.4) is 0 Å². The second-order valence-electron chi connectivity index (χ2n) is 4.06. The average Bonchev–Trinajstić information content (AvgIpc) is 3.05. The molecule has 0 fully saturated rings. The number of carbonyl (C=O) groups excluding carboxylic acids is 1. The summed E-state index contributed by atoms with van der Waals surface area (Å²) in [6, 6.07) is 5.79. The molecule has 18 heavy (non-hydrogen) atoms. The van der Waals surface area contributed by atoms with Gasteiger partial charge in [-0.3, -0.25) is 4.79 Å². The molecule has 2 aromatic rings. The SMILES string of the molecule is CN(CCc1cccs1)C(=O)c1coc(CN)c1. The monoisotopic (exact) mass is 264 g/mol. The van der Waals surface area contributed by atoms with E-state index in [0.29, 0.717) is 24.4 Å². The number of carbonyl (C=O) groups is 1. The normalized spacial score (nSPS) is 10.6. The van der Waals surface area contributed by atoms with Crippen LogP contribution in [-0.2, 0) is 13.0 Å². The maximum absolute atomic E-state index is 12.1. The van der Waals surface area contributed by atoms with Gasteiger partial charge in [-0.15, -0.1) is 11.3 Å². The molecule has 0 aliphatic heterocycles. The van der Waals surface area contributed by atoms with E-state index >= 15 is 0 Å². The van der Waals surface area contributed by atoms with Crippen LogP contribution < -0.4 is 5.73 Å². The van der Waals surface area contributed by atoms with E-state index in [1.807, 2.05) is 11.4 Å². The van der Waals surface area contributed by atoms with Crippen molar-refractivity contribution in [1.82, 2.24) is 4.90 Å². The first kappa shape index (κ1) is 12.9. The fourth-order valence-corrected chi connectivity index (χ4v) is 2.35. The highest BCUT2D eigenvalue weighted by Crippen LogP contribution is 2.12. The molecule has 5 heteroatoms. The number of thiophene rings is 1. The lowest BCUT2D eigenvalue weighted by atomic mass is 10.2. The van der Waals surface area contributed by atoms with E-state index in [0.717, 1.165) is 6.42 Å². The van der Waals surface area contributed by atoms with Crippen molar-refractivity contribution >= 4 is 17.2 Å². The number of nitrogens with zero attached hydrogens (tertiary/aromatic N) is 1. The predicted molar refractivity (Wildman–Crippen MR) is 71.6 cm³/mol. The number of rotatable bonds is 5. The first-order valence-corrected chi connectivity index (χ1v) is 6.64. The molecule has 4 nitrogen and oxygen atoms in total. The van der Waals surface area contributed by atoms with Gasteiger partial charge in [0.25, 0.3) is 5.91 Å². The molecule has 1 amide bonds. The number of nitrogens with two attached hydrogens (primary N) is 1. The van der Waals surface area contributed by atoms with E-state index < -0.39 is 0 Å². The van der Waals surface area contributed by atoms with Crippen molar-refractivity contribution < 1.29 is 9.21 Å². The van der Waals surface area contributed by atoms with Gasteiger partial charge in [0.15, 0.2) is 0 Å². The summed E-state index contributed by atoms with van der Waals surface area (Å²) >= 11 is 1.71. The van der Waals surface area contributed by atoms with Gasteiger partial charge in [0.2, 0.25) is 0 Å². The molecule has 2 heterocycles. The Morgan fingerprint density at radius 2 is 2.39 bits per heavy atom. The molecule has 0 saturated heterocycles. The van der Waals surface area contributed by atoms with Gasteiger partial charge < -0.3 is 15.1 Å². The second-order valence-corrected chi connectivity index (χ2v) is 5.09. The molecule has 0 aromatic carbocycles. The summed E-state index contributed by atoms with van der Waals surface area (Å²) in [5, 5.41) is 2.04. The Bertz CT molecular complexity index is 505. The van der Waals surface area contributed by atoms with Crippen LogP contribution in [0.5, 0.6) is 0 Å². The number of hydrogen-bond acceptors (Lipinski definition) is 4. The molecule has 0 atom stereocenters. The van der Waals surface area contributed by atoms with Crippen LogP contribution in [0.25, 0.3) is 0 Å². The van der Waals surface area contributed by atoms with E-state index in [1.165, 1.54) is 11.1 Å². The first-order valence-electron chi connectivity index (χ1n) is 5.76. The van der Waals surface area contributed by atoms with Crippen molar-refractivity contribution in [3.8, 4) is 0 Å². The highest BCUT2D eigenvalue weighted by molar-refractivity contribution is 7.09. The Hall–Kier alpha value is -1.59. The fraction of sp³-hybridized carbons (Fsp3) is 0.308. The summed E-state index contributed by atoms with van der Waals surface area (Å²) in [5.41, 5.74) is 6.00. The van der Waals surface area contributed by atoms with Gasteiger partial charge in [-0.1, -0.05) is 6.07 Å². The molecule has 0 bridgehead atoms. The van der Waals surface area contributed by atoms with Crippen molar-refractivity contribution in [3.63, 3.8) is 0 Å². The van der Waals surface area contributed by atoms with Gasteiger partial charge in [0, 0.05) is 18.5 Å². The third-order valence-corrected chi connectivity index (χ3v) is 3.66. The van der Waals surface area contributed by atoms with Crippen molar-refractivity contribution in [1.29, 1.82) is 0 Å². The zero-order chi connectivity index (χ0) is 13.0. The molecule has 0 radical (unpaired) electrons. The molecule has 0 saturated carbocycles. The minimum absolute atomic E-state index is 0.0324. The lowest BCUT2D eigenvalue weighted by Crippen LogP contribution is -2.28. The summed E-state index contributed by atoms with van der Waals surface area (Å²) < 4.78 is 5.17. The Balaban J connectivity index is 1.92. The topological polar surface area (TPSA) is 59.5 Å². The zero-order valence-electron chi connectivity index (χ0n) is 10.3. The van der Waals surface area contributed by atoms with Crippen LogP contribution in [0.2, 0.25) is 0 Å². The van der Waals surface area contributed by atoms with Crippen LogP contribution in [-0.4, -0.2) is 24.4 Å². The summed E-state index contributed by atoms with van der Waals surface area (Å²) in [5.74, 6) is 0.597. The summed E-state index contributed by atoms with van der Waals surface area (Å²) in [7, 11) is 1.80. The molecule has 0 spiro atoms. The Labute approximate surface area is 110 Å². The lowest BCUT2D eigenvalue weighted by molar-refractivity contribution is 0.0796. The lowest BCUT2D eigenvalue weighted by Gasteiger charge is -2.15. The van der Waals surface area contributed by atoms with E-state index in [9.17, 15) is 4.79 Å². The van der Waals surface area contributed by atoms with Gasteiger partial charge in [-0.2, -0.15) is 0 Å². The van der Waals surface area contributed by atoms with Crippen molar-refractivity contribution in [2.75, 3.05) is 13.6 Å². The molecule has 2 rings (SSSR count). The highest BCUT2D eigenvalue weighted by Gasteiger charge is 2.14. The number of hydrogen-bond donors (Lipinski definition) is 1. The Kier molecular flexibility index (Phi) is 4.17. The molecular formula is C13H16N2O2S. The van der Waals surface area contributed by atoms with Gasteiger partial charge in [-0.05, 0) is 23.9 Å². The van der Waals surface area contributed by atoms with Crippen LogP contribution in [0.15, 0.2) is 34.3 Å². The van der Waals surface area contributed by atoms with E-state index in [2.05, 4.69) is 6.07 Å². The Morgan fingerprint density at radius 1 is 1.56 bits per heavy atom. The summed E-state index contributed by atoms with van der Waals surface area (Å²) in [4.78, 5) is 15.0. The summed E-state index contributed by atoms with van der Waals surface area (Å²) in [6.45, 7) is 1.01. The Morgan fingerprint density at radius 3 is 3.00 bits per heavy atom. The molecular weight excluding hydrogens is 248 g/mol. The molecule has 0 unspecified atom stereocenters. The third kappa shape index (κ3) is 3.00. The van der Waals surface area contributed by atoms with Crippen molar-refractivity contribution in [3.05, 3.63) is 46.0 Å². The molecule has 0 aliphatic rings. The second kappa shape index (κ2) is 5.84. The number of furan rings is 1. The number of likely N-dealkylation sites (N-methyl/N-ethyl adjacent to an activating group) is 1. The average molecular weight is 264 g/mol. The highest BCUT2D eigenvalue weighted by atomic mass is 32.1. The van der Waals surface area contributed by atoms with Gasteiger partial charge in [-0.25, -0.2) is 0 Å². The summed E-state index contributed by atoms with van der Waals surface area (Å²) in [6.07, 6.45) is 2.34. The molecule has 96 valence electrons. The maximum Gasteiger partial charge on any atom is 0.256 e. The molecule has 2 aromatic heterocycles. The van der Waals surface area contributed by atoms with Gasteiger partial charge in [0.05, 0.1) is 12.1 Å². The van der Waals surface area contributed by atoms with Crippen LogP contribution in [0.1, 0.15) is 21.0 Å². The fourth-order valence-electron chi connectivity index (χ4n) is 1.65. The standard InChI is InChI=1S/C13H16N2O2S/c1-15(5-4-12-3-2-6-18-12)13(16)10-7-11(8-14)17-9-10/h2-3,6-7,9H,4-5,8,14H2,1H3. The van der Waals surface area contributed by atoms with E-state index in [4.69, 9.17) is 10.2 Å². The maximum atomic E-state index is 12.1. The zero-order valence-corrected chi connectivity index (χ0v) is 11.1. The van der Waals surface area contributed by atoms with Crippen LogP contribution in [0.4, 0.5) is 0 Å². The predicted octanol–water partition coefficient (Wildman–Crippen LogP) is 2.11. The van der Waals surface area contributed by atoms with Crippen molar-refractivity contribution in [2.45, 2.75) is 13.0 Å². The van der Waals surface area contributed by atoms with Crippen LogP contribution >= 0.6 is 11.3 Å². The minimum Gasteiger partial charge on any atom is -0.467 e. The van der Waals surface area contributed by atoms with Gasteiger partial charge >= 0.3 is 0 Å². The quantitative estimate of drug-likeness (QED) is 0.899. The molecule has 0 aliphatic carbocycles. The van der Waals surface area contributed by atoms with E-state index in [-0.39, 0.29) is 5.91 Å². The first-order chi connectivity index (χ1) is 8.70. The van der Waals surface area contributed by atoms with Gasteiger partial charge in [0.1, 0.15) is 12.0 Å². The van der Waals surface area contributed by atoms with E-state index in [1.54, 1.807) is 29.4 Å². The largest absolute Gasteiger partial charge is 0.467 e. The molecule has 2 N–H and O–H groups in total. The smallest absolute Gasteiger partial charge is 0.256 e. The van der Waals surface area contributed by atoms with Crippen LogP contribution in [0, 0.1) is 0 Å². The van der Waals surface area contributed by atoms with Crippen molar-refractivity contribution in [2.24, 2.45) is 5.73 Å². The third-order valence-electron chi connectivity index (χ3n) is 2.72.